The van der Waals surface area contributed by atoms with Crippen molar-refractivity contribution < 1.29 is 14.3 Å². The summed E-state index contributed by atoms with van der Waals surface area (Å²) in [6, 6.07) is 4.55. The Labute approximate surface area is 127 Å². The molecule has 1 aromatic rings. The highest BCUT2D eigenvalue weighted by molar-refractivity contribution is 6.34. The zero-order chi connectivity index (χ0) is 13.8. The second-order valence-electron chi connectivity index (χ2n) is 4.11. The highest BCUT2D eigenvalue weighted by Gasteiger charge is 2.22. The third kappa shape index (κ3) is 4.08. The quantitative estimate of drug-likeness (QED) is 0.767. The number of amides is 2. The van der Waals surface area contributed by atoms with Crippen LogP contribution in [-0.4, -0.2) is 37.6 Å². The van der Waals surface area contributed by atoms with Crippen molar-refractivity contribution in [2.75, 3.05) is 25.0 Å². The number of halogens is 2. The average Bonchev–Trinajstić information content (AvgIpc) is 2.41. The largest absolute Gasteiger partial charge is 0.366 e. The van der Waals surface area contributed by atoms with Crippen LogP contribution in [-0.2, 0) is 9.53 Å². The number of nitrogens with two attached hydrogens (primary N) is 1. The first kappa shape index (κ1) is 16.7. The molecule has 1 aliphatic rings. The van der Waals surface area contributed by atoms with Gasteiger partial charge in [-0.3, -0.25) is 9.59 Å². The Morgan fingerprint density at radius 2 is 2.20 bits per heavy atom. The number of benzene rings is 1. The number of carbonyl (C=O) groups is 2. The lowest BCUT2D eigenvalue weighted by atomic mass is 10.2. The van der Waals surface area contributed by atoms with Crippen LogP contribution in [0.15, 0.2) is 18.2 Å². The minimum absolute atomic E-state index is 0. The van der Waals surface area contributed by atoms with E-state index >= 15 is 0 Å². The zero-order valence-electron chi connectivity index (χ0n) is 10.5. The van der Waals surface area contributed by atoms with Gasteiger partial charge in [0.05, 0.1) is 17.2 Å². The topological polar surface area (TPSA) is 93.5 Å². The second-order valence-corrected chi connectivity index (χ2v) is 4.52. The van der Waals surface area contributed by atoms with E-state index in [2.05, 4.69) is 10.6 Å². The summed E-state index contributed by atoms with van der Waals surface area (Å²) < 4.78 is 5.32. The molecule has 1 heterocycles. The fourth-order valence-electron chi connectivity index (χ4n) is 1.75. The van der Waals surface area contributed by atoms with E-state index in [9.17, 15) is 9.59 Å². The normalized spacial score (nSPS) is 17.9. The molecule has 110 valence electrons. The van der Waals surface area contributed by atoms with Gasteiger partial charge in [-0.05, 0) is 18.2 Å². The van der Waals surface area contributed by atoms with Gasteiger partial charge < -0.3 is 21.1 Å². The van der Waals surface area contributed by atoms with Gasteiger partial charge in [0.25, 0.3) is 5.91 Å². The number of hydrogen-bond acceptors (Lipinski definition) is 4. The van der Waals surface area contributed by atoms with E-state index in [-0.39, 0.29) is 28.9 Å². The predicted molar refractivity (Wildman–Crippen MR) is 78.5 cm³/mol. The van der Waals surface area contributed by atoms with E-state index in [0.29, 0.717) is 18.8 Å². The molecule has 0 saturated carbocycles. The fourth-order valence-corrected chi connectivity index (χ4v) is 1.96. The summed E-state index contributed by atoms with van der Waals surface area (Å²) in [5.74, 6) is -0.915. The number of ether oxygens (including phenoxy) is 1. The monoisotopic (exact) mass is 319 g/mol. The standard InChI is InChI=1S/C12H14ClN3O3.ClH/c13-9-2-1-7(5-8(9)11(14)17)16-12(18)10-6-15-3-4-19-10;/h1-2,5,10,15H,3-4,6H2,(H2,14,17)(H,16,18);1H. The molecule has 2 amide bonds. The molecule has 4 N–H and O–H groups in total. The van der Waals surface area contributed by atoms with Crippen molar-refractivity contribution in [2.24, 2.45) is 5.73 Å². The molecule has 1 aromatic carbocycles. The first-order valence-electron chi connectivity index (χ1n) is 5.80. The number of nitrogens with one attached hydrogen (secondary N) is 2. The first-order chi connectivity index (χ1) is 9.08. The summed E-state index contributed by atoms with van der Waals surface area (Å²) in [5, 5.41) is 5.97. The smallest absolute Gasteiger partial charge is 0.254 e. The number of primary amides is 1. The van der Waals surface area contributed by atoms with Crippen molar-refractivity contribution in [1.29, 1.82) is 0 Å². The van der Waals surface area contributed by atoms with Gasteiger partial charge in [0.1, 0.15) is 6.10 Å². The van der Waals surface area contributed by atoms with Crippen LogP contribution in [0.1, 0.15) is 10.4 Å². The van der Waals surface area contributed by atoms with E-state index in [4.69, 9.17) is 22.1 Å². The average molecular weight is 320 g/mol. The molecule has 8 heteroatoms. The van der Waals surface area contributed by atoms with Gasteiger partial charge in [-0.25, -0.2) is 0 Å². The molecule has 1 saturated heterocycles. The van der Waals surface area contributed by atoms with E-state index in [1.807, 2.05) is 0 Å². The molecular formula is C12H15Cl2N3O3. The second kappa shape index (κ2) is 7.44. The Balaban J connectivity index is 0.00000200. The maximum absolute atomic E-state index is 11.9. The summed E-state index contributed by atoms with van der Waals surface area (Å²) in [5.41, 5.74) is 5.81. The van der Waals surface area contributed by atoms with E-state index in [1.54, 1.807) is 6.07 Å². The van der Waals surface area contributed by atoms with Gasteiger partial charge >= 0.3 is 0 Å². The van der Waals surface area contributed by atoms with E-state index < -0.39 is 12.0 Å². The van der Waals surface area contributed by atoms with Crippen molar-refractivity contribution in [3.05, 3.63) is 28.8 Å². The Bertz CT molecular complexity index is 505. The molecule has 0 aromatic heterocycles. The number of morpholine rings is 1. The predicted octanol–water partition coefficient (Wildman–Crippen LogP) is 0.788. The van der Waals surface area contributed by atoms with Crippen LogP contribution in [0.2, 0.25) is 5.02 Å². The lowest BCUT2D eigenvalue weighted by Gasteiger charge is -2.22. The third-order valence-corrected chi connectivity index (χ3v) is 3.05. The Morgan fingerprint density at radius 3 is 2.80 bits per heavy atom. The van der Waals surface area contributed by atoms with Crippen LogP contribution in [0.5, 0.6) is 0 Å². The molecule has 2 rings (SSSR count). The van der Waals surface area contributed by atoms with Crippen LogP contribution in [0, 0.1) is 0 Å². The maximum Gasteiger partial charge on any atom is 0.254 e. The van der Waals surface area contributed by atoms with Crippen molar-refractivity contribution in [3.8, 4) is 0 Å². The van der Waals surface area contributed by atoms with Crippen molar-refractivity contribution in [1.82, 2.24) is 5.32 Å². The molecule has 0 aliphatic carbocycles. The number of rotatable bonds is 3. The molecule has 0 spiro atoms. The number of hydrogen-bond donors (Lipinski definition) is 3. The molecular weight excluding hydrogens is 305 g/mol. The van der Waals surface area contributed by atoms with Crippen molar-refractivity contribution >= 4 is 41.5 Å². The summed E-state index contributed by atoms with van der Waals surface area (Å²) in [6.07, 6.45) is -0.540. The van der Waals surface area contributed by atoms with Crippen LogP contribution < -0.4 is 16.4 Å². The summed E-state index contributed by atoms with van der Waals surface area (Å²) in [7, 11) is 0. The van der Waals surface area contributed by atoms with E-state index in [1.165, 1.54) is 12.1 Å². The van der Waals surface area contributed by atoms with E-state index in [0.717, 1.165) is 6.54 Å². The molecule has 0 radical (unpaired) electrons. The SMILES string of the molecule is Cl.NC(=O)c1cc(NC(=O)C2CNCCO2)ccc1Cl. The van der Waals surface area contributed by atoms with Crippen LogP contribution >= 0.6 is 24.0 Å². The number of carbonyl (C=O) groups excluding carboxylic acids is 2. The van der Waals surface area contributed by atoms with Gasteiger partial charge in [-0.15, -0.1) is 12.4 Å². The van der Waals surface area contributed by atoms with Gasteiger partial charge in [-0.1, -0.05) is 11.6 Å². The van der Waals surface area contributed by atoms with Gasteiger partial charge in [0.2, 0.25) is 5.91 Å². The van der Waals surface area contributed by atoms with Crippen molar-refractivity contribution in [3.63, 3.8) is 0 Å². The molecule has 1 fully saturated rings. The molecule has 1 aliphatic heterocycles. The van der Waals surface area contributed by atoms with Crippen LogP contribution in [0.3, 0.4) is 0 Å². The minimum atomic E-state index is -0.642. The lowest BCUT2D eigenvalue weighted by molar-refractivity contribution is -0.128. The lowest BCUT2D eigenvalue weighted by Crippen LogP contribution is -2.45. The Morgan fingerprint density at radius 1 is 1.45 bits per heavy atom. The minimum Gasteiger partial charge on any atom is -0.366 e. The van der Waals surface area contributed by atoms with Gasteiger partial charge in [-0.2, -0.15) is 0 Å². The third-order valence-electron chi connectivity index (χ3n) is 2.72. The van der Waals surface area contributed by atoms with Crippen LogP contribution in [0.25, 0.3) is 0 Å². The molecule has 1 unspecified atom stereocenters. The van der Waals surface area contributed by atoms with Gasteiger partial charge in [0.15, 0.2) is 0 Å². The first-order valence-corrected chi connectivity index (χ1v) is 6.18. The summed E-state index contributed by atoms with van der Waals surface area (Å²) in [4.78, 5) is 23.1. The van der Waals surface area contributed by atoms with Crippen LogP contribution in [0.4, 0.5) is 5.69 Å². The summed E-state index contributed by atoms with van der Waals surface area (Å²) >= 11 is 5.83. The molecule has 6 nitrogen and oxygen atoms in total. The summed E-state index contributed by atoms with van der Waals surface area (Å²) in [6.45, 7) is 1.68. The highest BCUT2D eigenvalue weighted by atomic mass is 35.5. The van der Waals surface area contributed by atoms with Crippen molar-refractivity contribution in [2.45, 2.75) is 6.10 Å². The molecule has 1 atom stereocenters. The molecule has 0 bridgehead atoms. The maximum atomic E-state index is 11.9. The molecule has 20 heavy (non-hydrogen) atoms. The Kier molecular flexibility index (Phi) is 6.22. The van der Waals surface area contributed by atoms with Gasteiger partial charge in [0, 0.05) is 18.8 Å². The highest BCUT2D eigenvalue weighted by Crippen LogP contribution is 2.20. The zero-order valence-corrected chi connectivity index (χ0v) is 12.1. The fraction of sp³-hybridized carbons (Fsp3) is 0.333. The Hall–Kier alpha value is -1.34. The number of anilines is 1.